The van der Waals surface area contributed by atoms with Gasteiger partial charge in [0.1, 0.15) is 0 Å². The minimum Gasteiger partial charge on any atom is -0.0843 e. The Morgan fingerprint density at radius 3 is 2.47 bits per heavy atom. The van der Waals surface area contributed by atoms with Crippen LogP contribution in [-0.2, 0) is 0 Å². The van der Waals surface area contributed by atoms with Crippen molar-refractivity contribution in [1.82, 2.24) is 0 Å². The van der Waals surface area contributed by atoms with E-state index in [1.807, 2.05) is 6.07 Å². The van der Waals surface area contributed by atoms with Crippen molar-refractivity contribution in [2.24, 2.45) is 23.7 Å². The minimum absolute atomic E-state index is 0.870. The Kier molecular flexibility index (Phi) is 1.61. The van der Waals surface area contributed by atoms with E-state index in [0.717, 1.165) is 34.6 Å². The van der Waals surface area contributed by atoms with Crippen molar-refractivity contribution in [3.05, 3.63) is 34.9 Å². The summed E-state index contributed by atoms with van der Waals surface area (Å²) in [5.74, 6) is 5.05. The normalized spacial score (nSPS) is 45.5. The largest absolute Gasteiger partial charge is 0.0843 e. The zero-order chi connectivity index (χ0) is 9.99. The molecular formula is C14H15Cl. The van der Waals surface area contributed by atoms with Crippen LogP contribution in [0.1, 0.15) is 30.7 Å². The van der Waals surface area contributed by atoms with Crippen molar-refractivity contribution in [3.8, 4) is 0 Å². The van der Waals surface area contributed by atoms with Gasteiger partial charge < -0.3 is 0 Å². The Labute approximate surface area is 95.6 Å². The van der Waals surface area contributed by atoms with Gasteiger partial charge >= 0.3 is 0 Å². The highest BCUT2D eigenvalue weighted by Crippen LogP contribution is 2.73. The Morgan fingerprint density at radius 2 is 1.80 bits per heavy atom. The molecule has 4 rings (SSSR count). The predicted molar refractivity (Wildman–Crippen MR) is 62.0 cm³/mol. The van der Waals surface area contributed by atoms with Crippen LogP contribution in [0.25, 0.3) is 0 Å². The molecule has 0 N–H and O–H groups in total. The van der Waals surface area contributed by atoms with Gasteiger partial charge in [0.15, 0.2) is 0 Å². The van der Waals surface area contributed by atoms with Gasteiger partial charge in [0.2, 0.25) is 0 Å². The summed E-state index contributed by atoms with van der Waals surface area (Å²) in [6.07, 6.45) is 4.54. The SMILES string of the molecule is Clc1cccc(C2[C@@H]3[C@H]4CC[C@H](C4)[C@H]23)c1. The quantitative estimate of drug-likeness (QED) is 0.666. The van der Waals surface area contributed by atoms with E-state index in [2.05, 4.69) is 18.2 Å². The van der Waals surface area contributed by atoms with Crippen molar-refractivity contribution in [2.45, 2.75) is 25.2 Å². The van der Waals surface area contributed by atoms with Gasteiger partial charge in [0, 0.05) is 5.02 Å². The standard InChI is InChI=1S/C14H15Cl/c15-11-3-1-2-8(7-11)12-13-9-4-5-10(6-9)14(12)13/h1-3,7,9-10,12-14H,4-6H2/t9-,10+,12?,13-,14+. The monoisotopic (exact) mass is 218 g/mol. The molecule has 0 aliphatic heterocycles. The number of benzene rings is 1. The maximum absolute atomic E-state index is 6.06. The van der Waals surface area contributed by atoms with Crippen molar-refractivity contribution in [3.63, 3.8) is 0 Å². The zero-order valence-corrected chi connectivity index (χ0v) is 9.45. The molecule has 0 spiro atoms. The smallest absolute Gasteiger partial charge is 0.0408 e. The summed E-state index contributed by atoms with van der Waals surface area (Å²) < 4.78 is 0. The lowest BCUT2D eigenvalue weighted by molar-refractivity contribution is 0.456. The first-order valence-corrected chi connectivity index (χ1v) is 6.48. The number of rotatable bonds is 1. The molecule has 1 aromatic rings. The van der Waals surface area contributed by atoms with Crippen molar-refractivity contribution in [1.29, 1.82) is 0 Å². The van der Waals surface area contributed by atoms with Gasteiger partial charge in [-0.25, -0.2) is 0 Å². The number of halogens is 1. The second-order valence-electron chi connectivity index (χ2n) is 5.57. The summed E-state index contributed by atoms with van der Waals surface area (Å²) in [5, 5.41) is 0.907. The molecule has 0 amide bonds. The molecule has 5 atom stereocenters. The molecule has 3 aliphatic carbocycles. The predicted octanol–water partition coefficient (Wildman–Crippen LogP) is 4.10. The van der Waals surface area contributed by atoms with E-state index in [-0.39, 0.29) is 0 Å². The molecule has 1 unspecified atom stereocenters. The van der Waals surface area contributed by atoms with Crippen LogP contribution in [0.5, 0.6) is 0 Å². The molecule has 3 fully saturated rings. The van der Waals surface area contributed by atoms with E-state index < -0.39 is 0 Å². The number of hydrogen-bond donors (Lipinski definition) is 0. The first-order chi connectivity index (χ1) is 7.34. The van der Waals surface area contributed by atoms with Gasteiger partial charge in [-0.15, -0.1) is 0 Å². The molecule has 0 saturated heterocycles. The summed E-state index contributed by atoms with van der Waals surface area (Å²) in [6, 6.07) is 8.55. The molecule has 2 bridgehead atoms. The van der Waals surface area contributed by atoms with Crippen LogP contribution >= 0.6 is 11.6 Å². The number of fused-ring (bicyclic) bond motifs is 5. The van der Waals surface area contributed by atoms with Crippen LogP contribution in [0, 0.1) is 23.7 Å². The van der Waals surface area contributed by atoms with E-state index in [0.29, 0.717) is 0 Å². The molecule has 3 saturated carbocycles. The lowest BCUT2D eigenvalue weighted by atomic mass is 9.97. The van der Waals surface area contributed by atoms with Crippen LogP contribution < -0.4 is 0 Å². The summed E-state index contributed by atoms with van der Waals surface area (Å²) in [6.45, 7) is 0. The van der Waals surface area contributed by atoms with Gasteiger partial charge in [-0.05, 0) is 66.5 Å². The van der Waals surface area contributed by atoms with E-state index >= 15 is 0 Å². The van der Waals surface area contributed by atoms with E-state index in [1.54, 1.807) is 0 Å². The molecule has 15 heavy (non-hydrogen) atoms. The molecule has 3 aliphatic rings. The third kappa shape index (κ3) is 1.09. The van der Waals surface area contributed by atoms with Gasteiger partial charge in [0.25, 0.3) is 0 Å². The molecule has 0 radical (unpaired) electrons. The molecule has 0 heterocycles. The minimum atomic E-state index is 0.870. The average molecular weight is 219 g/mol. The highest BCUT2D eigenvalue weighted by atomic mass is 35.5. The van der Waals surface area contributed by atoms with E-state index in [1.165, 1.54) is 24.8 Å². The van der Waals surface area contributed by atoms with Crippen LogP contribution in [0.3, 0.4) is 0 Å². The summed E-state index contributed by atoms with van der Waals surface area (Å²) in [4.78, 5) is 0. The fourth-order valence-electron chi connectivity index (χ4n) is 4.48. The molecule has 1 aromatic carbocycles. The van der Waals surface area contributed by atoms with Crippen molar-refractivity contribution >= 4 is 11.6 Å². The third-order valence-electron chi connectivity index (χ3n) is 4.97. The molecule has 78 valence electrons. The van der Waals surface area contributed by atoms with Crippen molar-refractivity contribution in [2.75, 3.05) is 0 Å². The van der Waals surface area contributed by atoms with Crippen LogP contribution in [0.2, 0.25) is 5.02 Å². The van der Waals surface area contributed by atoms with Crippen LogP contribution in [0.4, 0.5) is 0 Å². The van der Waals surface area contributed by atoms with E-state index in [4.69, 9.17) is 11.6 Å². The first kappa shape index (κ1) is 8.64. The highest BCUT2D eigenvalue weighted by Gasteiger charge is 2.64. The second kappa shape index (κ2) is 2.79. The van der Waals surface area contributed by atoms with E-state index in [9.17, 15) is 0 Å². The Bertz CT molecular complexity index is 396. The fraction of sp³-hybridized carbons (Fsp3) is 0.571. The topological polar surface area (TPSA) is 0 Å². The van der Waals surface area contributed by atoms with Crippen LogP contribution in [0.15, 0.2) is 24.3 Å². The second-order valence-corrected chi connectivity index (χ2v) is 6.01. The first-order valence-electron chi connectivity index (χ1n) is 6.10. The maximum Gasteiger partial charge on any atom is 0.0408 e. The van der Waals surface area contributed by atoms with Gasteiger partial charge in [-0.3, -0.25) is 0 Å². The zero-order valence-electron chi connectivity index (χ0n) is 8.70. The lowest BCUT2D eigenvalue weighted by Gasteiger charge is -2.08. The van der Waals surface area contributed by atoms with Gasteiger partial charge in [-0.1, -0.05) is 23.7 Å². The van der Waals surface area contributed by atoms with Gasteiger partial charge in [-0.2, -0.15) is 0 Å². The summed E-state index contributed by atoms with van der Waals surface area (Å²) in [5.41, 5.74) is 1.51. The molecule has 0 nitrogen and oxygen atoms in total. The van der Waals surface area contributed by atoms with Crippen molar-refractivity contribution < 1.29 is 0 Å². The molecule has 1 heteroatoms. The Morgan fingerprint density at radius 1 is 1.07 bits per heavy atom. The average Bonchev–Trinajstić information content (AvgIpc) is 2.68. The summed E-state index contributed by atoms with van der Waals surface area (Å²) >= 11 is 6.06. The fourth-order valence-corrected chi connectivity index (χ4v) is 4.68. The molecular weight excluding hydrogens is 204 g/mol. The summed E-state index contributed by atoms with van der Waals surface area (Å²) in [7, 11) is 0. The Balaban J connectivity index is 1.67. The lowest BCUT2D eigenvalue weighted by Crippen LogP contribution is -1.97. The maximum atomic E-state index is 6.06. The molecule has 0 aromatic heterocycles. The van der Waals surface area contributed by atoms with Gasteiger partial charge in [0.05, 0.1) is 0 Å². The third-order valence-corrected chi connectivity index (χ3v) is 5.20. The number of hydrogen-bond acceptors (Lipinski definition) is 0. The highest BCUT2D eigenvalue weighted by molar-refractivity contribution is 6.30. The van der Waals surface area contributed by atoms with Crippen LogP contribution in [-0.4, -0.2) is 0 Å². The Hall–Kier alpha value is -0.490.